The van der Waals surface area contributed by atoms with E-state index in [-0.39, 0.29) is 6.03 Å². The summed E-state index contributed by atoms with van der Waals surface area (Å²) >= 11 is 0. The molecule has 0 aliphatic rings. The first-order valence-electron chi connectivity index (χ1n) is 6.90. The van der Waals surface area contributed by atoms with Gasteiger partial charge < -0.3 is 5.32 Å². The van der Waals surface area contributed by atoms with Crippen molar-refractivity contribution in [3.8, 4) is 0 Å². The number of anilines is 1. The molecule has 0 aliphatic carbocycles. The highest BCUT2D eigenvalue weighted by Gasteiger charge is 2.05. The quantitative estimate of drug-likeness (QED) is 0.672. The highest BCUT2D eigenvalue weighted by Crippen LogP contribution is 2.06. The molecule has 112 valence electrons. The SMILES string of the molecule is O=C(NCc1ccn[nH]1)Nc1ccn(Cc2ccccc2)n1. The molecule has 3 rings (SSSR count). The first kappa shape index (κ1) is 13.9. The predicted molar refractivity (Wildman–Crippen MR) is 82.2 cm³/mol. The van der Waals surface area contributed by atoms with Gasteiger partial charge in [0.25, 0.3) is 0 Å². The van der Waals surface area contributed by atoms with Gasteiger partial charge in [0.15, 0.2) is 5.82 Å². The molecule has 0 unspecified atom stereocenters. The highest BCUT2D eigenvalue weighted by atomic mass is 16.2. The van der Waals surface area contributed by atoms with Crippen LogP contribution in [-0.2, 0) is 13.1 Å². The fourth-order valence-electron chi connectivity index (χ4n) is 2.01. The maximum absolute atomic E-state index is 11.8. The van der Waals surface area contributed by atoms with Crippen LogP contribution in [0.4, 0.5) is 10.6 Å². The van der Waals surface area contributed by atoms with Gasteiger partial charge in [-0.15, -0.1) is 0 Å². The topological polar surface area (TPSA) is 87.6 Å². The zero-order valence-electron chi connectivity index (χ0n) is 11.9. The summed E-state index contributed by atoms with van der Waals surface area (Å²) in [6.45, 7) is 1.05. The number of aromatic amines is 1. The largest absolute Gasteiger partial charge is 0.332 e. The van der Waals surface area contributed by atoms with Crippen molar-refractivity contribution in [1.82, 2.24) is 25.3 Å². The summed E-state index contributed by atoms with van der Waals surface area (Å²) in [5.74, 6) is 0.512. The van der Waals surface area contributed by atoms with Crippen LogP contribution >= 0.6 is 0 Å². The molecule has 1 aromatic carbocycles. The Labute approximate surface area is 127 Å². The Morgan fingerprint density at radius 3 is 2.82 bits per heavy atom. The molecular formula is C15H16N6O. The monoisotopic (exact) mass is 296 g/mol. The van der Waals surface area contributed by atoms with Gasteiger partial charge in [-0.25, -0.2) is 4.79 Å². The number of aromatic nitrogens is 4. The van der Waals surface area contributed by atoms with E-state index in [0.29, 0.717) is 18.9 Å². The number of carbonyl (C=O) groups is 1. The lowest BCUT2D eigenvalue weighted by Crippen LogP contribution is -2.28. The van der Waals surface area contributed by atoms with Crippen LogP contribution in [0.15, 0.2) is 54.9 Å². The van der Waals surface area contributed by atoms with Crippen molar-refractivity contribution >= 4 is 11.8 Å². The second-order valence-electron chi connectivity index (χ2n) is 4.77. The number of hydrogen-bond acceptors (Lipinski definition) is 3. The third-order valence-corrected chi connectivity index (χ3v) is 3.07. The van der Waals surface area contributed by atoms with E-state index in [1.807, 2.05) is 36.5 Å². The number of urea groups is 1. The molecule has 0 saturated carbocycles. The van der Waals surface area contributed by atoms with Gasteiger partial charge in [-0.1, -0.05) is 30.3 Å². The third kappa shape index (κ3) is 3.72. The minimum Gasteiger partial charge on any atom is -0.332 e. The molecule has 0 atom stereocenters. The molecule has 2 amide bonds. The van der Waals surface area contributed by atoms with E-state index in [1.165, 1.54) is 0 Å². The normalized spacial score (nSPS) is 10.4. The minimum atomic E-state index is -0.306. The number of H-pyrrole nitrogens is 1. The van der Waals surface area contributed by atoms with Gasteiger partial charge in [0.2, 0.25) is 0 Å². The maximum Gasteiger partial charge on any atom is 0.320 e. The van der Waals surface area contributed by atoms with Crippen LogP contribution < -0.4 is 10.6 Å². The van der Waals surface area contributed by atoms with Crippen LogP contribution in [0.25, 0.3) is 0 Å². The molecule has 0 spiro atoms. The zero-order valence-corrected chi connectivity index (χ0v) is 11.9. The number of nitrogens with zero attached hydrogens (tertiary/aromatic N) is 3. The Kier molecular flexibility index (Phi) is 4.15. The second-order valence-corrected chi connectivity index (χ2v) is 4.77. The van der Waals surface area contributed by atoms with Crippen LogP contribution in [-0.4, -0.2) is 26.0 Å². The van der Waals surface area contributed by atoms with E-state index >= 15 is 0 Å². The van der Waals surface area contributed by atoms with E-state index in [0.717, 1.165) is 11.3 Å². The van der Waals surface area contributed by atoms with Gasteiger partial charge in [0, 0.05) is 18.5 Å². The molecule has 3 N–H and O–H groups in total. The number of carbonyl (C=O) groups excluding carboxylic acids is 1. The van der Waals surface area contributed by atoms with Crippen molar-refractivity contribution in [1.29, 1.82) is 0 Å². The van der Waals surface area contributed by atoms with Gasteiger partial charge >= 0.3 is 6.03 Å². The molecule has 3 aromatic rings. The maximum atomic E-state index is 11.8. The van der Waals surface area contributed by atoms with Crippen molar-refractivity contribution in [3.05, 3.63) is 66.1 Å². The summed E-state index contributed by atoms with van der Waals surface area (Å²) in [6.07, 6.45) is 3.47. The first-order valence-corrected chi connectivity index (χ1v) is 6.90. The number of amides is 2. The lowest BCUT2D eigenvalue weighted by Gasteiger charge is -2.04. The molecule has 2 heterocycles. The van der Waals surface area contributed by atoms with E-state index < -0.39 is 0 Å². The fraction of sp³-hybridized carbons (Fsp3) is 0.133. The Balaban J connectivity index is 1.51. The molecule has 0 saturated heterocycles. The average Bonchev–Trinajstić information content (AvgIpc) is 3.18. The molecule has 0 radical (unpaired) electrons. The molecular weight excluding hydrogens is 280 g/mol. The standard InChI is InChI=1S/C15H16N6O/c22-15(16-10-13-6-8-17-19-13)18-14-7-9-21(20-14)11-12-4-2-1-3-5-12/h1-9H,10-11H2,(H,17,19)(H2,16,18,20,22). The summed E-state index contributed by atoms with van der Waals surface area (Å²) < 4.78 is 1.78. The molecule has 22 heavy (non-hydrogen) atoms. The highest BCUT2D eigenvalue weighted by molar-refractivity contribution is 5.87. The number of rotatable bonds is 5. The predicted octanol–water partition coefficient (Wildman–Crippen LogP) is 1.98. The van der Waals surface area contributed by atoms with Gasteiger partial charge in [-0.05, 0) is 11.6 Å². The molecule has 2 aromatic heterocycles. The minimum absolute atomic E-state index is 0.306. The molecule has 7 heteroatoms. The van der Waals surface area contributed by atoms with Gasteiger partial charge in [-0.3, -0.25) is 15.1 Å². The Morgan fingerprint density at radius 2 is 2.05 bits per heavy atom. The van der Waals surface area contributed by atoms with Crippen LogP contribution in [0.3, 0.4) is 0 Å². The van der Waals surface area contributed by atoms with Crippen molar-refractivity contribution < 1.29 is 4.79 Å². The lowest BCUT2D eigenvalue weighted by atomic mass is 10.2. The first-order chi connectivity index (χ1) is 10.8. The van der Waals surface area contributed by atoms with Gasteiger partial charge in [-0.2, -0.15) is 10.2 Å². The Bertz CT molecular complexity index is 720. The smallest absolute Gasteiger partial charge is 0.320 e. The average molecular weight is 296 g/mol. The zero-order chi connectivity index (χ0) is 15.2. The Hall–Kier alpha value is -3.09. The Morgan fingerprint density at radius 1 is 1.18 bits per heavy atom. The molecule has 0 fully saturated rings. The summed E-state index contributed by atoms with van der Waals surface area (Å²) in [7, 11) is 0. The molecule has 0 bridgehead atoms. The van der Waals surface area contributed by atoms with Crippen LogP contribution in [0.2, 0.25) is 0 Å². The summed E-state index contributed by atoms with van der Waals surface area (Å²) in [5, 5.41) is 16.3. The van der Waals surface area contributed by atoms with E-state index in [9.17, 15) is 4.79 Å². The summed E-state index contributed by atoms with van der Waals surface area (Å²) in [4.78, 5) is 11.8. The summed E-state index contributed by atoms with van der Waals surface area (Å²) in [6, 6.07) is 13.3. The second kappa shape index (κ2) is 6.57. The number of hydrogen-bond donors (Lipinski definition) is 3. The van der Waals surface area contributed by atoms with Crippen LogP contribution in [0.5, 0.6) is 0 Å². The van der Waals surface area contributed by atoms with Crippen molar-refractivity contribution in [2.75, 3.05) is 5.32 Å². The van der Waals surface area contributed by atoms with Crippen LogP contribution in [0.1, 0.15) is 11.3 Å². The van der Waals surface area contributed by atoms with Gasteiger partial charge in [0.05, 0.1) is 18.8 Å². The van der Waals surface area contributed by atoms with Gasteiger partial charge in [0.1, 0.15) is 0 Å². The number of benzene rings is 1. The van der Waals surface area contributed by atoms with E-state index in [1.54, 1.807) is 23.0 Å². The number of nitrogens with one attached hydrogen (secondary N) is 3. The van der Waals surface area contributed by atoms with Crippen molar-refractivity contribution in [3.63, 3.8) is 0 Å². The van der Waals surface area contributed by atoms with E-state index in [2.05, 4.69) is 25.9 Å². The van der Waals surface area contributed by atoms with Crippen molar-refractivity contribution in [2.45, 2.75) is 13.1 Å². The molecule has 7 nitrogen and oxygen atoms in total. The fourth-order valence-corrected chi connectivity index (χ4v) is 2.01. The van der Waals surface area contributed by atoms with Crippen molar-refractivity contribution in [2.24, 2.45) is 0 Å². The van der Waals surface area contributed by atoms with E-state index in [4.69, 9.17) is 0 Å². The van der Waals surface area contributed by atoms with Crippen LogP contribution in [0, 0.1) is 0 Å². The third-order valence-electron chi connectivity index (χ3n) is 3.07. The molecule has 0 aliphatic heterocycles. The summed E-state index contributed by atoms with van der Waals surface area (Å²) in [5.41, 5.74) is 1.99. The lowest BCUT2D eigenvalue weighted by molar-refractivity contribution is 0.251.